The number of hydrogen-bond donors (Lipinski definition) is 3. The number of benzene rings is 1. The number of nitrogens with one attached hydrogen (secondary N) is 3. The molecule has 0 radical (unpaired) electrons. The molecule has 1 aromatic carbocycles. The lowest BCUT2D eigenvalue weighted by Crippen LogP contribution is -2.39. The molecule has 0 spiro atoms. The van der Waals surface area contributed by atoms with Crippen LogP contribution in [0.25, 0.3) is 0 Å². The highest BCUT2D eigenvalue weighted by atomic mass is 16.5. The quantitative estimate of drug-likeness (QED) is 0.706. The third-order valence-corrected chi connectivity index (χ3v) is 4.97. The molecule has 3 amide bonds. The van der Waals surface area contributed by atoms with Crippen molar-refractivity contribution < 1.29 is 14.3 Å². The molecule has 0 fully saturated rings. The third kappa shape index (κ3) is 4.36. The SMILES string of the molecule is CCC1Oc2cc(C(C)NC(=O)NCC3CC=CCC3)ccc2NC1=O. The molecule has 2 aliphatic rings. The topological polar surface area (TPSA) is 79.5 Å². The van der Waals surface area contributed by atoms with Crippen molar-refractivity contribution in [3.63, 3.8) is 0 Å². The fourth-order valence-electron chi connectivity index (χ4n) is 3.31. The van der Waals surface area contributed by atoms with Gasteiger partial charge in [0.25, 0.3) is 5.91 Å². The van der Waals surface area contributed by atoms with Gasteiger partial charge in [0.1, 0.15) is 5.75 Å². The molecule has 26 heavy (non-hydrogen) atoms. The standard InChI is InChI=1S/C20H27N3O3/c1-3-17-19(24)23-16-10-9-15(11-18(16)26-17)13(2)22-20(25)21-12-14-7-5-4-6-8-14/h4-5,9-11,13-14,17H,3,6-8,12H2,1-2H3,(H,23,24)(H2,21,22,25). The Morgan fingerprint density at radius 1 is 1.38 bits per heavy atom. The Kier molecular flexibility index (Phi) is 5.81. The second-order valence-corrected chi connectivity index (χ2v) is 6.99. The van der Waals surface area contributed by atoms with Crippen LogP contribution >= 0.6 is 0 Å². The van der Waals surface area contributed by atoms with Crippen molar-refractivity contribution in [3.05, 3.63) is 35.9 Å². The summed E-state index contributed by atoms with van der Waals surface area (Å²) in [7, 11) is 0. The molecule has 0 saturated carbocycles. The highest BCUT2D eigenvalue weighted by Gasteiger charge is 2.26. The molecule has 3 unspecified atom stereocenters. The van der Waals surface area contributed by atoms with E-state index in [0.717, 1.165) is 24.8 Å². The van der Waals surface area contributed by atoms with Gasteiger partial charge in [-0.3, -0.25) is 4.79 Å². The Hall–Kier alpha value is -2.50. The van der Waals surface area contributed by atoms with Crippen LogP contribution in [0.2, 0.25) is 0 Å². The zero-order valence-corrected chi connectivity index (χ0v) is 15.4. The Morgan fingerprint density at radius 2 is 2.23 bits per heavy atom. The second kappa shape index (κ2) is 8.25. The van der Waals surface area contributed by atoms with E-state index in [-0.39, 0.29) is 18.0 Å². The highest BCUT2D eigenvalue weighted by Crippen LogP contribution is 2.33. The van der Waals surface area contributed by atoms with E-state index >= 15 is 0 Å². The fraction of sp³-hybridized carbons (Fsp3) is 0.500. The van der Waals surface area contributed by atoms with Crippen LogP contribution in [0.1, 0.15) is 51.1 Å². The molecule has 3 atom stereocenters. The molecule has 1 aliphatic carbocycles. The first-order valence-corrected chi connectivity index (χ1v) is 9.37. The molecule has 0 aromatic heterocycles. The van der Waals surface area contributed by atoms with Crippen LogP contribution < -0.4 is 20.7 Å². The van der Waals surface area contributed by atoms with Gasteiger partial charge in [-0.2, -0.15) is 0 Å². The van der Waals surface area contributed by atoms with Crippen LogP contribution in [-0.2, 0) is 4.79 Å². The summed E-state index contributed by atoms with van der Waals surface area (Å²) >= 11 is 0. The van der Waals surface area contributed by atoms with E-state index in [4.69, 9.17) is 4.74 Å². The van der Waals surface area contributed by atoms with Gasteiger partial charge >= 0.3 is 6.03 Å². The lowest BCUT2D eigenvalue weighted by molar-refractivity contribution is -0.123. The predicted molar refractivity (Wildman–Crippen MR) is 101 cm³/mol. The Balaban J connectivity index is 1.56. The van der Waals surface area contributed by atoms with Crippen molar-refractivity contribution in [1.29, 1.82) is 0 Å². The van der Waals surface area contributed by atoms with Crippen LogP contribution in [0.5, 0.6) is 5.75 Å². The van der Waals surface area contributed by atoms with Gasteiger partial charge in [0.15, 0.2) is 6.10 Å². The first-order chi connectivity index (χ1) is 12.6. The second-order valence-electron chi connectivity index (χ2n) is 6.99. The molecular weight excluding hydrogens is 330 g/mol. The Labute approximate surface area is 154 Å². The van der Waals surface area contributed by atoms with Gasteiger partial charge in [-0.05, 0) is 56.2 Å². The smallest absolute Gasteiger partial charge is 0.315 e. The van der Waals surface area contributed by atoms with E-state index in [1.807, 2.05) is 32.0 Å². The largest absolute Gasteiger partial charge is 0.478 e. The Morgan fingerprint density at radius 3 is 2.96 bits per heavy atom. The average Bonchev–Trinajstić information content (AvgIpc) is 2.66. The summed E-state index contributed by atoms with van der Waals surface area (Å²) in [5, 5.41) is 8.79. The highest BCUT2D eigenvalue weighted by molar-refractivity contribution is 5.97. The molecule has 3 rings (SSSR count). The maximum absolute atomic E-state index is 12.2. The molecule has 1 heterocycles. The van der Waals surface area contributed by atoms with Gasteiger partial charge in [0, 0.05) is 6.54 Å². The molecule has 6 nitrogen and oxygen atoms in total. The zero-order chi connectivity index (χ0) is 18.5. The van der Waals surface area contributed by atoms with Gasteiger partial charge in [0.2, 0.25) is 0 Å². The lowest BCUT2D eigenvalue weighted by Gasteiger charge is -2.26. The fourth-order valence-corrected chi connectivity index (χ4v) is 3.31. The van der Waals surface area contributed by atoms with Gasteiger partial charge in [-0.15, -0.1) is 0 Å². The van der Waals surface area contributed by atoms with Crippen LogP contribution in [0.3, 0.4) is 0 Å². The van der Waals surface area contributed by atoms with Crippen molar-refractivity contribution in [1.82, 2.24) is 10.6 Å². The number of anilines is 1. The number of carbonyl (C=O) groups excluding carboxylic acids is 2. The number of fused-ring (bicyclic) bond motifs is 1. The molecular formula is C20H27N3O3. The van der Waals surface area contributed by atoms with Crippen molar-refractivity contribution in [2.75, 3.05) is 11.9 Å². The van der Waals surface area contributed by atoms with E-state index in [2.05, 4.69) is 28.1 Å². The normalized spacial score (nSPS) is 22.6. The molecule has 140 valence electrons. The summed E-state index contributed by atoms with van der Waals surface area (Å²) in [5.74, 6) is 1.06. The third-order valence-electron chi connectivity index (χ3n) is 4.97. The summed E-state index contributed by atoms with van der Waals surface area (Å²) < 4.78 is 5.77. The van der Waals surface area contributed by atoms with Crippen molar-refractivity contribution in [2.45, 2.75) is 51.7 Å². The number of amides is 3. The maximum atomic E-state index is 12.2. The number of allylic oxidation sites excluding steroid dienone is 2. The van der Waals surface area contributed by atoms with Gasteiger partial charge in [0.05, 0.1) is 11.7 Å². The monoisotopic (exact) mass is 357 g/mol. The van der Waals surface area contributed by atoms with Gasteiger partial charge in [-0.25, -0.2) is 4.79 Å². The van der Waals surface area contributed by atoms with E-state index < -0.39 is 6.10 Å². The molecule has 0 saturated heterocycles. The molecule has 6 heteroatoms. The molecule has 0 bridgehead atoms. The zero-order valence-electron chi connectivity index (χ0n) is 15.4. The summed E-state index contributed by atoms with van der Waals surface area (Å²) in [6.45, 7) is 4.54. The van der Waals surface area contributed by atoms with Crippen molar-refractivity contribution >= 4 is 17.6 Å². The minimum Gasteiger partial charge on any atom is -0.478 e. The molecule has 1 aliphatic heterocycles. The minimum absolute atomic E-state index is 0.115. The predicted octanol–water partition coefficient (Wildman–Crippen LogP) is 3.51. The van der Waals surface area contributed by atoms with Crippen LogP contribution in [0, 0.1) is 5.92 Å². The lowest BCUT2D eigenvalue weighted by atomic mass is 9.94. The summed E-state index contributed by atoms with van der Waals surface area (Å²) in [6.07, 6.45) is 7.78. The minimum atomic E-state index is -0.464. The maximum Gasteiger partial charge on any atom is 0.315 e. The van der Waals surface area contributed by atoms with E-state index in [1.54, 1.807) is 0 Å². The number of hydrogen-bond acceptors (Lipinski definition) is 3. The van der Waals surface area contributed by atoms with E-state index in [1.165, 1.54) is 0 Å². The van der Waals surface area contributed by atoms with Crippen LogP contribution in [-0.4, -0.2) is 24.6 Å². The van der Waals surface area contributed by atoms with Crippen LogP contribution in [0.15, 0.2) is 30.4 Å². The molecule has 1 aromatic rings. The number of rotatable bonds is 5. The number of carbonyl (C=O) groups is 2. The summed E-state index contributed by atoms with van der Waals surface area (Å²) in [5.41, 5.74) is 1.61. The van der Waals surface area contributed by atoms with E-state index in [0.29, 0.717) is 30.3 Å². The van der Waals surface area contributed by atoms with Crippen molar-refractivity contribution in [3.8, 4) is 5.75 Å². The van der Waals surface area contributed by atoms with Gasteiger partial charge < -0.3 is 20.7 Å². The summed E-state index contributed by atoms with van der Waals surface area (Å²) in [4.78, 5) is 24.0. The van der Waals surface area contributed by atoms with E-state index in [9.17, 15) is 9.59 Å². The van der Waals surface area contributed by atoms with Crippen molar-refractivity contribution in [2.24, 2.45) is 5.92 Å². The number of ether oxygens (including phenoxy) is 1. The Bertz CT molecular complexity index is 702. The van der Waals surface area contributed by atoms with Gasteiger partial charge in [-0.1, -0.05) is 25.1 Å². The molecule has 3 N–H and O–H groups in total. The first-order valence-electron chi connectivity index (χ1n) is 9.37. The average molecular weight is 357 g/mol. The number of urea groups is 1. The van der Waals surface area contributed by atoms with Crippen LogP contribution in [0.4, 0.5) is 10.5 Å². The first kappa shape index (κ1) is 18.3. The summed E-state index contributed by atoms with van der Waals surface area (Å²) in [6, 6.07) is 5.28.